The first-order valence-electron chi connectivity index (χ1n) is 13.4. The molecule has 0 radical (unpaired) electrons. The molecule has 1 heterocycles. The lowest BCUT2D eigenvalue weighted by Gasteiger charge is -2.18. The highest BCUT2D eigenvalue weighted by Gasteiger charge is 2.19. The Labute approximate surface area is 206 Å². The minimum Gasteiger partial charge on any atom is -0.490 e. The largest absolute Gasteiger partial charge is 0.490 e. The minimum absolute atomic E-state index is 0.282. The van der Waals surface area contributed by atoms with E-state index in [-0.39, 0.29) is 6.10 Å². The molecule has 3 rings (SSSR count). The number of hydrogen-bond donors (Lipinski definition) is 0. The molecule has 3 heteroatoms. The highest BCUT2D eigenvalue weighted by Crippen LogP contribution is 2.36. The van der Waals surface area contributed by atoms with Crippen LogP contribution in [0.5, 0.6) is 11.5 Å². The smallest absolute Gasteiger partial charge is 0.335 e. The van der Waals surface area contributed by atoms with Crippen molar-refractivity contribution in [1.82, 2.24) is 0 Å². The van der Waals surface area contributed by atoms with Crippen LogP contribution in [0.3, 0.4) is 0 Å². The van der Waals surface area contributed by atoms with E-state index in [0.717, 1.165) is 36.1 Å². The molecule has 2 bridgehead atoms. The molecule has 0 aliphatic carbocycles. The second kappa shape index (κ2) is 14.7. The van der Waals surface area contributed by atoms with Crippen LogP contribution in [0.15, 0.2) is 55.1 Å². The Balaban J connectivity index is 1.42. The Morgan fingerprint density at radius 3 is 2.24 bits per heavy atom. The van der Waals surface area contributed by atoms with Gasteiger partial charge in [0.15, 0.2) is 0 Å². The number of carbonyl (C=O) groups is 1. The Kier molecular flexibility index (Phi) is 11.2. The summed E-state index contributed by atoms with van der Waals surface area (Å²) in [6, 6.07) is 14.1. The van der Waals surface area contributed by atoms with Crippen molar-refractivity contribution >= 4 is 5.97 Å². The number of rotatable bonds is 15. The van der Waals surface area contributed by atoms with Crippen LogP contribution in [-0.2, 0) is 11.2 Å². The van der Waals surface area contributed by atoms with Crippen molar-refractivity contribution in [3.63, 3.8) is 0 Å². The molecular formula is C31H42O3. The van der Waals surface area contributed by atoms with E-state index in [1.54, 1.807) is 0 Å². The number of unbranched alkanes of at least 4 members (excludes halogenated alkanes) is 10. The number of hydrogen-bond acceptors (Lipinski definition) is 3. The van der Waals surface area contributed by atoms with Gasteiger partial charge in [0.1, 0.15) is 11.5 Å². The van der Waals surface area contributed by atoms with E-state index in [1.807, 2.05) is 24.3 Å². The van der Waals surface area contributed by atoms with E-state index in [9.17, 15) is 4.79 Å². The predicted octanol–water partition coefficient (Wildman–Crippen LogP) is 8.84. The van der Waals surface area contributed by atoms with Gasteiger partial charge in [0.2, 0.25) is 0 Å². The van der Waals surface area contributed by atoms with Gasteiger partial charge in [0.05, 0.1) is 6.10 Å². The van der Waals surface area contributed by atoms with Gasteiger partial charge < -0.3 is 9.47 Å². The highest BCUT2D eigenvalue weighted by atomic mass is 16.5. The molecule has 0 aromatic heterocycles. The molecule has 0 fully saturated rings. The average Bonchev–Trinajstić information content (AvgIpc) is 3.01. The minimum atomic E-state index is -0.447. The summed E-state index contributed by atoms with van der Waals surface area (Å²) < 4.78 is 11.7. The number of fused-ring (bicyclic) bond motifs is 2. The first-order chi connectivity index (χ1) is 16.7. The summed E-state index contributed by atoms with van der Waals surface area (Å²) in [6.07, 6.45) is 19.8. The van der Waals surface area contributed by atoms with Gasteiger partial charge in [0, 0.05) is 11.6 Å². The van der Waals surface area contributed by atoms with Gasteiger partial charge in [-0.05, 0) is 55.0 Å². The Morgan fingerprint density at radius 2 is 1.59 bits per heavy atom. The summed E-state index contributed by atoms with van der Waals surface area (Å²) in [6.45, 7) is 5.72. The van der Waals surface area contributed by atoms with Crippen LogP contribution in [0, 0.1) is 0 Å². The third-order valence-electron chi connectivity index (χ3n) is 6.77. The first-order valence-corrected chi connectivity index (χ1v) is 13.4. The third-order valence-corrected chi connectivity index (χ3v) is 6.77. The number of ether oxygens (including phenoxy) is 2. The standard InChI is InChI=1S/C31H42O3/c1-3-5-6-7-8-9-10-11-12-13-14-15-27-20-16-25-17-23-29(30(24-25)33-27)26-18-21-28(22-19-26)34-31(32)4-2/h4,17-19,21-24,27H,2-3,5-16,20H2,1H3. The summed E-state index contributed by atoms with van der Waals surface area (Å²) in [5.41, 5.74) is 3.50. The number of carbonyl (C=O) groups excluding carboxylic acids is 1. The molecule has 3 nitrogen and oxygen atoms in total. The molecule has 0 saturated carbocycles. The molecule has 0 saturated heterocycles. The normalized spacial score (nSPS) is 14.8. The predicted molar refractivity (Wildman–Crippen MR) is 142 cm³/mol. The molecule has 0 N–H and O–H groups in total. The zero-order valence-corrected chi connectivity index (χ0v) is 21.0. The molecule has 1 aliphatic rings. The molecule has 1 aliphatic heterocycles. The van der Waals surface area contributed by atoms with E-state index in [0.29, 0.717) is 5.75 Å². The van der Waals surface area contributed by atoms with Crippen molar-refractivity contribution in [2.24, 2.45) is 0 Å². The Morgan fingerprint density at radius 1 is 0.941 bits per heavy atom. The zero-order valence-electron chi connectivity index (χ0n) is 21.0. The lowest BCUT2D eigenvalue weighted by Crippen LogP contribution is -2.16. The van der Waals surface area contributed by atoms with E-state index >= 15 is 0 Å². The average molecular weight is 463 g/mol. The SMILES string of the molecule is C=CC(=O)Oc1ccc(-c2ccc3cc2OC(CCCCCCCCCCCCC)CC3)cc1. The van der Waals surface area contributed by atoms with Crippen LogP contribution in [0.2, 0.25) is 0 Å². The van der Waals surface area contributed by atoms with E-state index in [1.165, 1.54) is 82.3 Å². The van der Waals surface area contributed by atoms with Gasteiger partial charge in [-0.25, -0.2) is 4.79 Å². The van der Waals surface area contributed by atoms with E-state index in [2.05, 4.69) is 31.7 Å². The molecule has 1 atom stereocenters. The lowest BCUT2D eigenvalue weighted by molar-refractivity contribution is -0.128. The molecule has 1 unspecified atom stereocenters. The number of benzene rings is 2. The van der Waals surface area contributed by atoms with Gasteiger partial charge in [-0.3, -0.25) is 0 Å². The van der Waals surface area contributed by atoms with E-state index < -0.39 is 5.97 Å². The van der Waals surface area contributed by atoms with Crippen molar-refractivity contribution in [2.45, 2.75) is 103 Å². The second-order valence-corrected chi connectivity index (χ2v) is 9.58. The summed E-state index contributed by atoms with van der Waals surface area (Å²) in [5.74, 6) is 1.04. The maximum Gasteiger partial charge on any atom is 0.335 e. The van der Waals surface area contributed by atoms with Gasteiger partial charge in [0.25, 0.3) is 0 Å². The van der Waals surface area contributed by atoms with E-state index in [4.69, 9.17) is 9.47 Å². The van der Waals surface area contributed by atoms with Crippen LogP contribution >= 0.6 is 0 Å². The van der Waals surface area contributed by atoms with Gasteiger partial charge >= 0.3 is 5.97 Å². The van der Waals surface area contributed by atoms with Gasteiger partial charge in [-0.15, -0.1) is 0 Å². The molecule has 2 aromatic carbocycles. The summed E-state index contributed by atoms with van der Waals surface area (Å²) >= 11 is 0. The molecule has 34 heavy (non-hydrogen) atoms. The second-order valence-electron chi connectivity index (χ2n) is 9.58. The van der Waals surface area contributed by atoms with Crippen molar-refractivity contribution in [1.29, 1.82) is 0 Å². The number of esters is 1. The third kappa shape index (κ3) is 8.66. The van der Waals surface area contributed by atoms with Crippen molar-refractivity contribution in [3.8, 4) is 22.6 Å². The number of aryl methyl sites for hydroxylation is 1. The lowest BCUT2D eigenvalue weighted by atomic mass is 10.0. The van der Waals surface area contributed by atoms with Gasteiger partial charge in [-0.2, -0.15) is 0 Å². The Bertz CT molecular complexity index is 884. The summed E-state index contributed by atoms with van der Waals surface area (Å²) in [4.78, 5) is 11.4. The topological polar surface area (TPSA) is 35.5 Å². The maximum atomic E-state index is 11.4. The molecule has 0 amide bonds. The quantitative estimate of drug-likeness (QED) is 0.115. The monoisotopic (exact) mass is 462 g/mol. The van der Waals surface area contributed by atoms with Crippen molar-refractivity contribution < 1.29 is 14.3 Å². The summed E-state index contributed by atoms with van der Waals surface area (Å²) in [7, 11) is 0. The van der Waals surface area contributed by atoms with Crippen LogP contribution < -0.4 is 9.47 Å². The highest BCUT2D eigenvalue weighted by molar-refractivity contribution is 5.83. The van der Waals surface area contributed by atoms with Crippen LogP contribution in [0.1, 0.15) is 96.0 Å². The first kappa shape index (κ1) is 26.1. The van der Waals surface area contributed by atoms with Gasteiger partial charge in [-0.1, -0.05) is 102 Å². The summed E-state index contributed by atoms with van der Waals surface area (Å²) in [5, 5.41) is 0. The van der Waals surface area contributed by atoms with Crippen molar-refractivity contribution in [2.75, 3.05) is 0 Å². The molecule has 2 aromatic rings. The molecule has 0 spiro atoms. The van der Waals surface area contributed by atoms with Crippen LogP contribution in [0.4, 0.5) is 0 Å². The maximum absolute atomic E-state index is 11.4. The zero-order chi connectivity index (χ0) is 24.0. The molecule has 184 valence electrons. The van der Waals surface area contributed by atoms with Crippen LogP contribution in [0.25, 0.3) is 11.1 Å². The fourth-order valence-electron chi connectivity index (χ4n) is 4.72. The Hall–Kier alpha value is -2.55. The van der Waals surface area contributed by atoms with Crippen molar-refractivity contribution in [3.05, 3.63) is 60.7 Å². The fraction of sp³-hybridized carbons (Fsp3) is 0.516. The van der Waals surface area contributed by atoms with Crippen LogP contribution in [-0.4, -0.2) is 12.1 Å². The fourth-order valence-corrected chi connectivity index (χ4v) is 4.72. The molecular weight excluding hydrogens is 420 g/mol.